The Morgan fingerprint density at radius 3 is 2.78 bits per heavy atom. The van der Waals surface area contributed by atoms with Crippen LogP contribution in [-0.4, -0.2) is 70.4 Å². The van der Waals surface area contributed by atoms with Crippen molar-refractivity contribution in [3.8, 4) is 0 Å². The second-order valence-electron chi connectivity index (χ2n) is 7.59. The van der Waals surface area contributed by atoms with E-state index in [2.05, 4.69) is 20.0 Å². The van der Waals surface area contributed by atoms with Crippen molar-refractivity contribution >= 4 is 40.7 Å². The summed E-state index contributed by atoms with van der Waals surface area (Å²) in [5, 5.41) is 26.4. The van der Waals surface area contributed by atoms with Gasteiger partial charge in [0.1, 0.15) is 18.0 Å². The summed E-state index contributed by atoms with van der Waals surface area (Å²) in [6.45, 7) is 1.46. The number of carbonyl (C=O) groups is 2. The fourth-order valence-corrected chi connectivity index (χ4v) is 4.23. The van der Waals surface area contributed by atoms with Crippen LogP contribution in [0.3, 0.4) is 0 Å². The van der Waals surface area contributed by atoms with Crippen LogP contribution < -0.4 is 11.2 Å². The third-order valence-corrected chi connectivity index (χ3v) is 6.20. The molecular weight excluding hydrogens is 529 g/mol. The van der Waals surface area contributed by atoms with Gasteiger partial charge < -0.3 is 30.0 Å². The van der Waals surface area contributed by atoms with Crippen LogP contribution in [0.5, 0.6) is 0 Å². The number of thiazole rings is 1. The highest BCUT2D eigenvalue weighted by Gasteiger charge is 2.34. The van der Waals surface area contributed by atoms with Crippen molar-refractivity contribution < 1.29 is 33.7 Å². The van der Waals surface area contributed by atoms with Crippen LogP contribution >= 0.6 is 22.9 Å². The number of ether oxygens (including phenoxy) is 2. The van der Waals surface area contributed by atoms with E-state index in [9.17, 15) is 24.2 Å². The second kappa shape index (κ2) is 12.7. The summed E-state index contributed by atoms with van der Waals surface area (Å²) in [6, 6.07) is 2.75. The number of esters is 2. The quantitative estimate of drug-likeness (QED) is 0.192. The van der Waals surface area contributed by atoms with Crippen LogP contribution in [0.1, 0.15) is 23.5 Å². The first-order chi connectivity index (χ1) is 17.7. The first kappa shape index (κ1) is 28.2. The second-order valence-corrected chi connectivity index (χ2v) is 8.90. The lowest BCUT2D eigenvalue weighted by atomic mass is 9.95. The summed E-state index contributed by atoms with van der Waals surface area (Å²) in [6.07, 6.45) is 0.475. The summed E-state index contributed by atoms with van der Waals surface area (Å²) in [7, 11) is 1.20. The van der Waals surface area contributed by atoms with Gasteiger partial charge in [-0.2, -0.15) is 0 Å². The number of nitrogens with one attached hydrogen (secondary N) is 1. The van der Waals surface area contributed by atoms with E-state index in [1.54, 1.807) is 18.5 Å². The Balaban J connectivity index is 1.97. The van der Waals surface area contributed by atoms with Gasteiger partial charge in [-0.1, -0.05) is 17.7 Å². The number of aliphatic hydroxyl groups is 2. The smallest absolute Gasteiger partial charge is 0.338 e. The number of aliphatic hydroxyl groups excluding tert-OH is 2. The molecule has 0 bridgehead atoms. The van der Waals surface area contributed by atoms with Gasteiger partial charge in [-0.25, -0.2) is 24.8 Å². The first-order valence-electron chi connectivity index (χ1n) is 10.9. The van der Waals surface area contributed by atoms with E-state index in [-0.39, 0.29) is 29.4 Å². The average molecular weight is 554 g/mol. The fourth-order valence-electron chi connectivity index (χ4n) is 3.37. The van der Waals surface area contributed by atoms with Crippen molar-refractivity contribution in [3.05, 3.63) is 74.7 Å². The molecule has 0 spiro atoms. The minimum absolute atomic E-state index is 0.0354. The van der Waals surface area contributed by atoms with Gasteiger partial charge in [-0.15, -0.1) is 11.3 Å². The Labute approximate surface area is 220 Å². The molecule has 14 heteroatoms. The molecule has 0 aliphatic carbocycles. The van der Waals surface area contributed by atoms with Crippen molar-refractivity contribution in [2.75, 3.05) is 20.3 Å². The number of hydrazine groups is 1. The van der Waals surface area contributed by atoms with Crippen LogP contribution in [0, 0.1) is 5.82 Å². The molecule has 1 aromatic heterocycles. The fraction of sp³-hybridized carbons (Fsp3) is 0.304. The molecule has 0 saturated carbocycles. The molecule has 3 atom stereocenters. The highest BCUT2D eigenvalue weighted by molar-refractivity contribution is 7.11. The molecule has 1 aliphatic heterocycles. The minimum Gasteiger partial charge on any atom is -0.466 e. The number of rotatable bonds is 10. The Bertz CT molecular complexity index is 1220. The molecule has 2 heterocycles. The molecular formula is C23H25ClFN5O6S. The molecule has 1 aliphatic rings. The van der Waals surface area contributed by atoms with Gasteiger partial charge in [0.05, 0.1) is 31.5 Å². The van der Waals surface area contributed by atoms with Crippen LogP contribution in [0.2, 0.25) is 5.02 Å². The number of carbonyl (C=O) groups excluding carboxylic acids is 2. The highest BCUT2D eigenvalue weighted by Crippen LogP contribution is 2.36. The van der Waals surface area contributed by atoms with Crippen molar-refractivity contribution in [3.63, 3.8) is 0 Å². The van der Waals surface area contributed by atoms with Gasteiger partial charge >= 0.3 is 11.9 Å². The number of aliphatic imine (C=N–C) groups is 1. The van der Waals surface area contributed by atoms with E-state index >= 15 is 0 Å². The molecule has 3 rings (SSSR count). The standard InChI is InChI=1S/C23H25ClFN5O6S/c1-3-36-23(34)19(32)16(31)6-8-30(26)11-15-17(22(33)35-2)18(13-5-4-12(25)10-14(13)24)29-20(28-15)21-27-7-9-37-21/h4-10,16,18-19,31-32H,3,11,26H2,1-2H3,(H,28,29)/b8-6+/t16?,18-,19?/m0/s1. The van der Waals surface area contributed by atoms with Gasteiger partial charge in [-0.05, 0) is 25.1 Å². The molecule has 0 saturated heterocycles. The predicted molar refractivity (Wildman–Crippen MR) is 134 cm³/mol. The third-order valence-electron chi connectivity index (χ3n) is 5.09. The molecule has 0 amide bonds. The van der Waals surface area contributed by atoms with Gasteiger partial charge in [0.2, 0.25) is 0 Å². The van der Waals surface area contributed by atoms with E-state index in [1.807, 2.05) is 0 Å². The maximum atomic E-state index is 13.7. The monoisotopic (exact) mass is 553 g/mol. The number of hydrogen-bond donors (Lipinski definition) is 4. The lowest BCUT2D eigenvalue weighted by Crippen LogP contribution is -2.40. The lowest BCUT2D eigenvalue weighted by molar-refractivity contribution is -0.157. The SMILES string of the molecule is CCOC(=O)C(O)C(O)/C=C/N(N)CC1=C(C(=O)OC)[C@H](c2ccc(F)cc2Cl)N=C(c2nccs2)N1. The third kappa shape index (κ3) is 6.90. The predicted octanol–water partition coefficient (Wildman–Crippen LogP) is 1.43. The Morgan fingerprint density at radius 2 is 2.16 bits per heavy atom. The summed E-state index contributed by atoms with van der Waals surface area (Å²) < 4.78 is 23.4. The van der Waals surface area contributed by atoms with Crippen molar-refractivity contribution in [1.29, 1.82) is 0 Å². The largest absolute Gasteiger partial charge is 0.466 e. The van der Waals surface area contributed by atoms with E-state index in [0.717, 1.165) is 17.2 Å². The molecule has 1 aromatic carbocycles. The number of benzene rings is 1. The van der Waals surface area contributed by atoms with Gasteiger partial charge in [0.25, 0.3) is 0 Å². The average Bonchev–Trinajstić information content (AvgIpc) is 3.41. The number of amidine groups is 1. The maximum absolute atomic E-state index is 13.7. The normalized spacial score (nSPS) is 17.2. The Kier molecular flexibility index (Phi) is 9.72. The molecule has 0 fully saturated rings. The van der Waals surface area contributed by atoms with Crippen LogP contribution in [0.15, 0.2) is 58.3 Å². The van der Waals surface area contributed by atoms with E-state index < -0.39 is 36.0 Å². The number of nitrogens with two attached hydrogens (primary N) is 1. The lowest BCUT2D eigenvalue weighted by Gasteiger charge is -2.29. The van der Waals surface area contributed by atoms with Gasteiger partial charge in [-0.3, -0.25) is 4.99 Å². The molecule has 5 N–H and O–H groups in total. The summed E-state index contributed by atoms with van der Waals surface area (Å²) in [4.78, 5) is 33.4. The molecule has 11 nitrogen and oxygen atoms in total. The van der Waals surface area contributed by atoms with Crippen molar-refractivity contribution in [2.45, 2.75) is 25.2 Å². The topological polar surface area (TPSA) is 160 Å². The number of aromatic nitrogens is 1. The van der Waals surface area contributed by atoms with Crippen molar-refractivity contribution in [1.82, 2.24) is 15.3 Å². The molecule has 2 aromatic rings. The zero-order valence-electron chi connectivity index (χ0n) is 19.8. The molecule has 0 radical (unpaired) electrons. The molecule has 37 heavy (non-hydrogen) atoms. The van der Waals surface area contributed by atoms with Gasteiger partial charge in [0, 0.05) is 28.4 Å². The van der Waals surface area contributed by atoms with E-state index in [0.29, 0.717) is 16.4 Å². The first-order valence-corrected chi connectivity index (χ1v) is 12.1. The number of nitrogens with zero attached hydrogens (tertiary/aromatic N) is 3. The zero-order chi connectivity index (χ0) is 27.1. The number of hydrogen-bond acceptors (Lipinski definition) is 12. The molecule has 198 valence electrons. The Morgan fingerprint density at radius 1 is 1.41 bits per heavy atom. The number of halogens is 2. The highest BCUT2D eigenvalue weighted by atomic mass is 35.5. The van der Waals surface area contributed by atoms with E-state index in [1.165, 1.54) is 36.8 Å². The van der Waals surface area contributed by atoms with E-state index in [4.69, 9.17) is 22.2 Å². The van der Waals surface area contributed by atoms with Crippen molar-refractivity contribution in [2.24, 2.45) is 10.8 Å². The minimum atomic E-state index is -1.81. The number of methoxy groups -OCH3 is 1. The summed E-state index contributed by atoms with van der Waals surface area (Å²) in [5.41, 5.74) is 0.681. The van der Waals surface area contributed by atoms with Crippen LogP contribution in [0.4, 0.5) is 4.39 Å². The van der Waals surface area contributed by atoms with Gasteiger partial charge in [0.15, 0.2) is 16.9 Å². The maximum Gasteiger partial charge on any atom is 0.338 e. The molecule has 2 unspecified atom stereocenters. The Hall–Kier alpha value is -3.36. The summed E-state index contributed by atoms with van der Waals surface area (Å²) >= 11 is 7.61. The summed E-state index contributed by atoms with van der Waals surface area (Å²) in [5.74, 6) is 4.11. The van der Waals surface area contributed by atoms with Crippen LogP contribution in [0.25, 0.3) is 0 Å². The van der Waals surface area contributed by atoms with Crippen LogP contribution in [-0.2, 0) is 19.1 Å². The zero-order valence-corrected chi connectivity index (χ0v) is 21.4.